The zero-order valence-corrected chi connectivity index (χ0v) is 10.7. The van der Waals surface area contributed by atoms with E-state index in [1.54, 1.807) is 0 Å². The van der Waals surface area contributed by atoms with Crippen LogP contribution in [-0.4, -0.2) is 17.7 Å². The number of esters is 1. The van der Waals surface area contributed by atoms with Crippen molar-refractivity contribution < 1.29 is 14.6 Å². The van der Waals surface area contributed by atoms with Crippen LogP contribution >= 0.6 is 0 Å². The molecule has 0 amide bonds. The van der Waals surface area contributed by atoms with Crippen molar-refractivity contribution in [3.05, 3.63) is 34.9 Å². The van der Waals surface area contributed by atoms with Gasteiger partial charge < -0.3 is 9.84 Å². The van der Waals surface area contributed by atoms with Crippen LogP contribution in [0.1, 0.15) is 42.6 Å². The van der Waals surface area contributed by atoms with E-state index in [-0.39, 0.29) is 12.4 Å². The highest BCUT2D eigenvalue weighted by atomic mass is 16.5. The lowest BCUT2D eigenvalue weighted by Crippen LogP contribution is -2.11. The third-order valence-corrected chi connectivity index (χ3v) is 2.83. The average molecular weight is 236 g/mol. The van der Waals surface area contributed by atoms with E-state index in [2.05, 4.69) is 0 Å². The van der Waals surface area contributed by atoms with Crippen LogP contribution in [-0.2, 0) is 9.53 Å². The summed E-state index contributed by atoms with van der Waals surface area (Å²) in [5, 5.41) is 9.99. The van der Waals surface area contributed by atoms with E-state index < -0.39 is 6.10 Å². The molecule has 0 saturated heterocycles. The Kier molecular flexibility index (Phi) is 5.16. The molecule has 94 valence electrons. The van der Waals surface area contributed by atoms with Crippen molar-refractivity contribution in [2.75, 3.05) is 6.61 Å². The summed E-state index contributed by atoms with van der Waals surface area (Å²) in [7, 11) is 0. The summed E-state index contributed by atoms with van der Waals surface area (Å²) in [6, 6.07) is 5.72. The number of aliphatic hydroxyl groups excluding tert-OH is 1. The van der Waals surface area contributed by atoms with Crippen LogP contribution in [0.5, 0.6) is 0 Å². The molecule has 3 nitrogen and oxygen atoms in total. The Morgan fingerprint density at radius 2 is 2.12 bits per heavy atom. The summed E-state index contributed by atoms with van der Waals surface area (Å²) in [5.74, 6) is -0.347. The molecule has 0 heterocycles. The van der Waals surface area contributed by atoms with Crippen molar-refractivity contribution in [1.29, 1.82) is 0 Å². The van der Waals surface area contributed by atoms with Gasteiger partial charge in [-0.05, 0) is 37.0 Å². The molecule has 0 radical (unpaired) electrons. The molecule has 17 heavy (non-hydrogen) atoms. The number of carbonyl (C=O) groups excluding carboxylic acids is 1. The van der Waals surface area contributed by atoms with Gasteiger partial charge in [-0.2, -0.15) is 0 Å². The third kappa shape index (κ3) is 3.86. The van der Waals surface area contributed by atoms with Gasteiger partial charge in [0.15, 0.2) is 0 Å². The van der Waals surface area contributed by atoms with E-state index in [9.17, 15) is 9.90 Å². The van der Waals surface area contributed by atoms with E-state index in [1.807, 2.05) is 39.0 Å². The van der Waals surface area contributed by atoms with Crippen LogP contribution in [0.2, 0.25) is 0 Å². The fourth-order valence-electron chi connectivity index (χ4n) is 1.68. The summed E-state index contributed by atoms with van der Waals surface area (Å²) in [4.78, 5) is 11.4. The lowest BCUT2D eigenvalue weighted by molar-refractivity contribution is -0.146. The molecular formula is C14H20O3. The lowest BCUT2D eigenvalue weighted by Gasteiger charge is -2.14. The van der Waals surface area contributed by atoms with Crippen LogP contribution in [0.25, 0.3) is 0 Å². The van der Waals surface area contributed by atoms with E-state index >= 15 is 0 Å². The zero-order valence-electron chi connectivity index (χ0n) is 10.7. The molecule has 0 aromatic heterocycles. The number of benzene rings is 1. The molecule has 0 aliphatic carbocycles. The standard InChI is InChI=1S/C14H20O3/c1-4-8-17-14(16)9-13(15)12-7-5-6-10(2)11(12)3/h5-7,13,15H,4,8-9H2,1-3H3/t13-/m1/s1. The molecule has 0 fully saturated rings. The third-order valence-electron chi connectivity index (χ3n) is 2.83. The first-order valence-electron chi connectivity index (χ1n) is 5.96. The second-order valence-corrected chi connectivity index (χ2v) is 4.23. The first kappa shape index (κ1) is 13.7. The molecule has 1 rings (SSSR count). The predicted molar refractivity (Wildman–Crippen MR) is 66.7 cm³/mol. The molecule has 0 aliphatic rings. The minimum absolute atomic E-state index is 0.0181. The molecule has 1 aromatic rings. The van der Waals surface area contributed by atoms with E-state index in [4.69, 9.17) is 4.74 Å². The number of hydrogen-bond acceptors (Lipinski definition) is 3. The van der Waals surface area contributed by atoms with Crippen LogP contribution in [0.15, 0.2) is 18.2 Å². The van der Waals surface area contributed by atoms with E-state index in [0.717, 1.165) is 23.1 Å². The summed E-state index contributed by atoms with van der Waals surface area (Å²) in [6.07, 6.45) is 0.0366. The Hall–Kier alpha value is -1.35. The quantitative estimate of drug-likeness (QED) is 0.799. The molecule has 1 aromatic carbocycles. The molecule has 0 saturated carbocycles. The topological polar surface area (TPSA) is 46.5 Å². The zero-order chi connectivity index (χ0) is 12.8. The van der Waals surface area contributed by atoms with Gasteiger partial charge in [-0.1, -0.05) is 25.1 Å². The molecule has 1 N–H and O–H groups in total. The summed E-state index contributed by atoms with van der Waals surface area (Å²) < 4.78 is 4.95. The maximum atomic E-state index is 11.4. The minimum atomic E-state index is -0.778. The Bertz CT molecular complexity index is 385. The Morgan fingerprint density at radius 3 is 2.76 bits per heavy atom. The fourth-order valence-corrected chi connectivity index (χ4v) is 1.68. The average Bonchev–Trinajstić information content (AvgIpc) is 2.29. The number of rotatable bonds is 5. The Labute approximate surface area is 102 Å². The highest BCUT2D eigenvalue weighted by molar-refractivity contribution is 5.70. The monoisotopic (exact) mass is 236 g/mol. The SMILES string of the molecule is CCCOC(=O)C[C@@H](O)c1cccc(C)c1C. The molecular weight excluding hydrogens is 216 g/mol. The maximum absolute atomic E-state index is 11.4. The first-order chi connectivity index (χ1) is 8.06. The minimum Gasteiger partial charge on any atom is -0.466 e. The van der Waals surface area contributed by atoms with Gasteiger partial charge in [0.2, 0.25) is 0 Å². The van der Waals surface area contributed by atoms with Gasteiger partial charge in [0.05, 0.1) is 19.1 Å². The molecule has 3 heteroatoms. The van der Waals surface area contributed by atoms with Gasteiger partial charge in [-0.25, -0.2) is 0 Å². The van der Waals surface area contributed by atoms with Gasteiger partial charge >= 0.3 is 5.97 Å². The van der Waals surface area contributed by atoms with Crippen LogP contribution < -0.4 is 0 Å². The second kappa shape index (κ2) is 6.40. The molecule has 0 spiro atoms. The maximum Gasteiger partial charge on any atom is 0.308 e. The Morgan fingerprint density at radius 1 is 1.41 bits per heavy atom. The lowest BCUT2D eigenvalue weighted by atomic mass is 9.97. The van der Waals surface area contributed by atoms with Gasteiger partial charge in [0.1, 0.15) is 0 Å². The highest BCUT2D eigenvalue weighted by Gasteiger charge is 2.16. The molecule has 0 aliphatic heterocycles. The fraction of sp³-hybridized carbons (Fsp3) is 0.500. The normalized spacial score (nSPS) is 12.2. The van der Waals surface area contributed by atoms with Crippen LogP contribution in [0, 0.1) is 13.8 Å². The molecule has 0 unspecified atom stereocenters. The predicted octanol–water partition coefficient (Wildman–Crippen LogP) is 2.68. The largest absolute Gasteiger partial charge is 0.466 e. The van der Waals surface area contributed by atoms with Gasteiger partial charge in [-0.15, -0.1) is 0 Å². The molecule has 0 bridgehead atoms. The van der Waals surface area contributed by atoms with Gasteiger partial charge in [-0.3, -0.25) is 4.79 Å². The van der Waals surface area contributed by atoms with Gasteiger partial charge in [0, 0.05) is 0 Å². The second-order valence-electron chi connectivity index (χ2n) is 4.23. The van der Waals surface area contributed by atoms with Crippen LogP contribution in [0.3, 0.4) is 0 Å². The number of aliphatic hydroxyl groups is 1. The van der Waals surface area contributed by atoms with Gasteiger partial charge in [0.25, 0.3) is 0 Å². The number of carbonyl (C=O) groups is 1. The smallest absolute Gasteiger partial charge is 0.308 e. The van der Waals surface area contributed by atoms with Crippen molar-refractivity contribution >= 4 is 5.97 Å². The highest BCUT2D eigenvalue weighted by Crippen LogP contribution is 2.23. The first-order valence-corrected chi connectivity index (χ1v) is 5.96. The van der Waals surface area contributed by atoms with Crippen molar-refractivity contribution in [2.45, 2.75) is 39.7 Å². The summed E-state index contributed by atoms with van der Waals surface area (Å²) in [5.41, 5.74) is 2.95. The number of ether oxygens (including phenoxy) is 1. The van der Waals surface area contributed by atoms with Crippen molar-refractivity contribution in [2.24, 2.45) is 0 Å². The van der Waals surface area contributed by atoms with Crippen LogP contribution in [0.4, 0.5) is 0 Å². The van der Waals surface area contributed by atoms with Crippen molar-refractivity contribution in [3.63, 3.8) is 0 Å². The van der Waals surface area contributed by atoms with E-state index in [0.29, 0.717) is 6.61 Å². The van der Waals surface area contributed by atoms with Crippen molar-refractivity contribution in [1.82, 2.24) is 0 Å². The summed E-state index contributed by atoms with van der Waals surface area (Å²) >= 11 is 0. The Balaban J connectivity index is 2.66. The summed E-state index contributed by atoms with van der Waals surface area (Å²) in [6.45, 7) is 6.29. The number of aryl methyl sites for hydroxylation is 1. The van der Waals surface area contributed by atoms with Crippen molar-refractivity contribution in [3.8, 4) is 0 Å². The van der Waals surface area contributed by atoms with E-state index in [1.165, 1.54) is 0 Å². The number of hydrogen-bond donors (Lipinski definition) is 1. The molecule has 1 atom stereocenters.